The molecule has 0 heterocycles. The van der Waals surface area contributed by atoms with Crippen molar-refractivity contribution >= 4 is 39.5 Å². The molecule has 0 aliphatic heterocycles. The molecule has 5 atom stereocenters. The summed E-state index contributed by atoms with van der Waals surface area (Å²) in [4.78, 5) is 72.8. The Morgan fingerprint density at radius 2 is 0.484 bits per heavy atom. The van der Waals surface area contributed by atoms with Crippen LogP contribution in [0.1, 0.15) is 395 Å². The Kier molecular flexibility index (Phi) is 66.5. The Morgan fingerprint density at radius 1 is 0.284 bits per heavy atom. The van der Waals surface area contributed by atoms with Crippen LogP contribution >= 0.6 is 15.6 Å². The summed E-state index contributed by atoms with van der Waals surface area (Å²) in [6, 6.07) is 0. The summed E-state index contributed by atoms with van der Waals surface area (Å²) < 4.78 is 68.5. The molecule has 0 aliphatic carbocycles. The molecular formula is C76H148O17P2. The van der Waals surface area contributed by atoms with E-state index in [0.717, 1.165) is 102 Å². The van der Waals surface area contributed by atoms with Crippen molar-refractivity contribution in [2.24, 2.45) is 11.8 Å². The maximum Gasteiger partial charge on any atom is 0.472 e. The van der Waals surface area contributed by atoms with Crippen molar-refractivity contribution < 1.29 is 80.2 Å². The molecule has 0 amide bonds. The van der Waals surface area contributed by atoms with E-state index in [0.29, 0.717) is 25.7 Å². The molecule has 0 fully saturated rings. The van der Waals surface area contributed by atoms with Gasteiger partial charge in [-0.15, -0.1) is 0 Å². The minimum Gasteiger partial charge on any atom is -0.462 e. The molecule has 0 aromatic heterocycles. The highest BCUT2D eigenvalue weighted by molar-refractivity contribution is 7.47. The van der Waals surface area contributed by atoms with E-state index in [1.54, 1.807) is 0 Å². The van der Waals surface area contributed by atoms with Crippen LogP contribution in [0.25, 0.3) is 0 Å². The predicted molar refractivity (Wildman–Crippen MR) is 386 cm³/mol. The SMILES string of the molecule is CCCCCCCCCCCCCCCCCCCC(=O)O[C@H](COC(=O)CCCCCCCCCCCCCC(C)C)COP(=O)(O)OC[C@@H](O)COP(=O)(O)OC[C@@H](COC(=O)CCCCCCCCCCCCC)OC(=O)CCCCCCCCCCCCC(C)C. The van der Waals surface area contributed by atoms with Gasteiger partial charge in [0.15, 0.2) is 12.2 Å². The van der Waals surface area contributed by atoms with Crippen molar-refractivity contribution in [2.45, 2.75) is 413 Å². The van der Waals surface area contributed by atoms with Crippen LogP contribution in [-0.2, 0) is 65.4 Å². The topological polar surface area (TPSA) is 237 Å². The Labute approximate surface area is 581 Å². The van der Waals surface area contributed by atoms with Crippen molar-refractivity contribution in [2.75, 3.05) is 39.6 Å². The van der Waals surface area contributed by atoms with E-state index in [1.807, 2.05) is 0 Å². The fourth-order valence-corrected chi connectivity index (χ4v) is 13.2. The zero-order chi connectivity index (χ0) is 70.0. The molecule has 0 spiro atoms. The molecule has 0 rings (SSSR count). The van der Waals surface area contributed by atoms with Crippen LogP contribution in [0, 0.1) is 11.8 Å². The largest absolute Gasteiger partial charge is 0.472 e. The molecule has 17 nitrogen and oxygen atoms in total. The number of aliphatic hydroxyl groups excluding tert-OH is 1. The zero-order valence-electron chi connectivity index (χ0n) is 62.0. The van der Waals surface area contributed by atoms with Crippen molar-refractivity contribution in [3.8, 4) is 0 Å². The molecule has 0 aromatic carbocycles. The molecule has 19 heteroatoms. The third kappa shape index (κ3) is 70.3. The number of esters is 4. The molecule has 2 unspecified atom stereocenters. The minimum absolute atomic E-state index is 0.106. The van der Waals surface area contributed by atoms with Gasteiger partial charge in [-0.1, -0.05) is 343 Å². The number of phosphoric acid groups is 2. The number of phosphoric ester groups is 2. The van der Waals surface area contributed by atoms with E-state index < -0.39 is 97.5 Å². The lowest BCUT2D eigenvalue weighted by molar-refractivity contribution is -0.161. The Morgan fingerprint density at radius 3 is 0.716 bits per heavy atom. The molecule has 0 saturated carbocycles. The van der Waals surface area contributed by atoms with Gasteiger partial charge in [-0.3, -0.25) is 37.3 Å². The number of carbonyl (C=O) groups is 4. The lowest BCUT2D eigenvalue weighted by atomic mass is 10.0. The lowest BCUT2D eigenvalue weighted by Gasteiger charge is -2.21. The highest BCUT2D eigenvalue weighted by Gasteiger charge is 2.30. The van der Waals surface area contributed by atoms with E-state index in [1.165, 1.54) is 212 Å². The standard InChI is InChI=1S/C76H148O17P2/c1-7-9-11-13-15-17-19-20-21-22-23-24-28-36-42-48-54-60-75(80)92-71(65-87-74(79)59-53-47-41-35-29-25-27-32-38-44-50-56-68(3)4)66-90-94(82,83)88-62-70(77)63-89-95(84,85)91-67-72(64-86-73(78)58-52-46-40-34-26-18-16-14-12-10-8-2)93-76(81)61-55-49-43-37-31-30-33-39-45-51-57-69(5)6/h68-72,77H,7-67H2,1-6H3,(H,82,83)(H,84,85)/t70-,71-,72-/m1/s1. The van der Waals surface area contributed by atoms with Gasteiger partial charge in [-0.2, -0.15) is 0 Å². The first-order valence-corrected chi connectivity index (χ1v) is 42.5. The smallest absolute Gasteiger partial charge is 0.462 e. The lowest BCUT2D eigenvalue weighted by Crippen LogP contribution is -2.30. The van der Waals surface area contributed by atoms with Crippen molar-refractivity contribution in [1.29, 1.82) is 0 Å². The number of unbranched alkanes of at least 4 members (excludes halogenated alkanes) is 45. The predicted octanol–water partition coefficient (Wildman–Crippen LogP) is 22.3. The fraction of sp³-hybridized carbons (Fsp3) is 0.947. The Hall–Kier alpha value is -1.94. The number of aliphatic hydroxyl groups is 1. The molecular weight excluding hydrogens is 1250 g/mol. The molecule has 0 aromatic rings. The summed E-state index contributed by atoms with van der Waals surface area (Å²) in [5.74, 6) is -0.591. The maximum absolute atomic E-state index is 13.1. The monoisotopic (exact) mass is 1400 g/mol. The van der Waals surface area contributed by atoms with Crippen LogP contribution in [0.4, 0.5) is 0 Å². The van der Waals surface area contributed by atoms with Gasteiger partial charge in [0.1, 0.15) is 19.3 Å². The number of rotatable bonds is 75. The van der Waals surface area contributed by atoms with Gasteiger partial charge in [0, 0.05) is 25.7 Å². The average Bonchev–Trinajstić information content (AvgIpc) is 3.38. The van der Waals surface area contributed by atoms with Crippen LogP contribution in [-0.4, -0.2) is 96.7 Å². The quantitative estimate of drug-likeness (QED) is 0.0222. The second kappa shape index (κ2) is 67.9. The van der Waals surface area contributed by atoms with Gasteiger partial charge in [0.2, 0.25) is 0 Å². The summed E-state index contributed by atoms with van der Waals surface area (Å²) in [5, 5.41) is 10.6. The third-order valence-electron chi connectivity index (χ3n) is 17.7. The Bertz CT molecular complexity index is 1840. The van der Waals surface area contributed by atoms with E-state index in [9.17, 15) is 43.2 Å². The second-order valence-corrected chi connectivity index (χ2v) is 31.3. The summed E-state index contributed by atoms with van der Waals surface area (Å²) >= 11 is 0. The zero-order valence-corrected chi connectivity index (χ0v) is 63.8. The van der Waals surface area contributed by atoms with Gasteiger partial charge < -0.3 is 33.8 Å². The summed E-state index contributed by atoms with van der Waals surface area (Å²) in [5.41, 5.74) is 0. The van der Waals surface area contributed by atoms with E-state index in [4.69, 9.17) is 37.0 Å². The first-order valence-electron chi connectivity index (χ1n) is 39.5. The summed E-state index contributed by atoms with van der Waals surface area (Å²) in [7, 11) is -9.91. The number of hydrogen-bond acceptors (Lipinski definition) is 15. The van der Waals surface area contributed by atoms with E-state index in [-0.39, 0.29) is 25.7 Å². The molecule has 564 valence electrons. The fourth-order valence-electron chi connectivity index (χ4n) is 11.7. The number of ether oxygens (including phenoxy) is 4. The first kappa shape index (κ1) is 93.1. The molecule has 95 heavy (non-hydrogen) atoms. The average molecular weight is 1400 g/mol. The van der Waals surface area contributed by atoms with E-state index >= 15 is 0 Å². The van der Waals surface area contributed by atoms with Gasteiger partial charge >= 0.3 is 39.5 Å². The van der Waals surface area contributed by atoms with Gasteiger partial charge in [-0.25, -0.2) is 9.13 Å². The highest BCUT2D eigenvalue weighted by atomic mass is 31.2. The molecule has 0 radical (unpaired) electrons. The minimum atomic E-state index is -4.96. The molecule has 0 aliphatic rings. The molecule has 3 N–H and O–H groups in total. The molecule has 0 saturated heterocycles. The normalized spacial score (nSPS) is 14.0. The third-order valence-corrected chi connectivity index (χ3v) is 19.6. The van der Waals surface area contributed by atoms with Crippen LogP contribution in [0.15, 0.2) is 0 Å². The number of hydrogen-bond donors (Lipinski definition) is 3. The molecule has 0 bridgehead atoms. The second-order valence-electron chi connectivity index (χ2n) is 28.3. The van der Waals surface area contributed by atoms with Crippen LogP contribution in [0.3, 0.4) is 0 Å². The van der Waals surface area contributed by atoms with Gasteiger partial charge in [0.05, 0.1) is 26.4 Å². The van der Waals surface area contributed by atoms with Gasteiger partial charge in [-0.05, 0) is 37.5 Å². The summed E-state index contributed by atoms with van der Waals surface area (Å²) in [6.45, 7) is 9.59. The summed E-state index contributed by atoms with van der Waals surface area (Å²) in [6.07, 6.45) is 55.4. The van der Waals surface area contributed by atoms with E-state index in [2.05, 4.69) is 41.5 Å². The van der Waals surface area contributed by atoms with Crippen LogP contribution in [0.2, 0.25) is 0 Å². The van der Waals surface area contributed by atoms with Crippen molar-refractivity contribution in [3.05, 3.63) is 0 Å². The number of carbonyl (C=O) groups excluding carboxylic acids is 4. The maximum atomic E-state index is 13.1. The first-order chi connectivity index (χ1) is 45.9. The van der Waals surface area contributed by atoms with Gasteiger partial charge in [0.25, 0.3) is 0 Å². The Balaban J connectivity index is 5.25. The van der Waals surface area contributed by atoms with Crippen LogP contribution in [0.5, 0.6) is 0 Å². The van der Waals surface area contributed by atoms with Crippen LogP contribution < -0.4 is 0 Å². The van der Waals surface area contributed by atoms with Crippen molar-refractivity contribution in [3.63, 3.8) is 0 Å². The highest BCUT2D eigenvalue weighted by Crippen LogP contribution is 2.45. The van der Waals surface area contributed by atoms with Crippen molar-refractivity contribution in [1.82, 2.24) is 0 Å².